The number of aryl methyl sites for hydroxylation is 1. The highest BCUT2D eigenvalue weighted by Crippen LogP contribution is 2.37. The number of hydrogen-bond acceptors (Lipinski definition) is 4. The predicted molar refractivity (Wildman–Crippen MR) is 77.7 cm³/mol. The Hall–Kier alpha value is -2.24. The summed E-state index contributed by atoms with van der Waals surface area (Å²) in [4.78, 5) is 20.8. The maximum Gasteiger partial charge on any atom is 0.254 e. The second-order valence-corrected chi connectivity index (χ2v) is 5.49. The molecule has 21 heavy (non-hydrogen) atoms. The molecule has 0 spiro atoms. The van der Waals surface area contributed by atoms with E-state index in [1.165, 1.54) is 0 Å². The molecule has 1 amide bonds. The van der Waals surface area contributed by atoms with Crippen molar-refractivity contribution in [2.75, 3.05) is 0 Å². The van der Waals surface area contributed by atoms with Crippen molar-refractivity contribution in [3.63, 3.8) is 0 Å². The zero-order chi connectivity index (χ0) is 14.8. The third-order valence-electron chi connectivity index (χ3n) is 3.72. The molecule has 0 aliphatic heterocycles. The van der Waals surface area contributed by atoms with Crippen LogP contribution in [0.3, 0.4) is 0 Å². The number of nitrogens with zero attached hydrogens (tertiary/aromatic N) is 4. The van der Waals surface area contributed by atoms with E-state index in [4.69, 9.17) is 0 Å². The zero-order valence-corrected chi connectivity index (χ0v) is 12.3. The Kier molecular flexibility index (Phi) is 3.68. The molecule has 1 atom stereocenters. The fraction of sp³-hybridized carbons (Fsp3) is 0.467. The molecule has 1 saturated carbocycles. The zero-order valence-electron chi connectivity index (χ0n) is 12.3. The summed E-state index contributed by atoms with van der Waals surface area (Å²) in [6.45, 7) is 2.03. The smallest absolute Gasteiger partial charge is 0.254 e. The molecule has 2 aromatic rings. The van der Waals surface area contributed by atoms with Crippen molar-refractivity contribution in [1.82, 2.24) is 25.1 Å². The van der Waals surface area contributed by atoms with Crippen LogP contribution in [0.2, 0.25) is 0 Å². The van der Waals surface area contributed by atoms with Gasteiger partial charge in [0.15, 0.2) is 0 Å². The lowest BCUT2D eigenvalue weighted by atomic mass is 10.1. The highest BCUT2D eigenvalue weighted by atomic mass is 16.1. The van der Waals surface area contributed by atoms with Crippen LogP contribution < -0.4 is 5.32 Å². The molecule has 110 valence electrons. The van der Waals surface area contributed by atoms with Crippen molar-refractivity contribution >= 4 is 5.91 Å². The van der Waals surface area contributed by atoms with Crippen molar-refractivity contribution in [1.29, 1.82) is 0 Å². The van der Waals surface area contributed by atoms with E-state index in [0.717, 1.165) is 30.7 Å². The Morgan fingerprint density at radius 1 is 1.38 bits per heavy atom. The van der Waals surface area contributed by atoms with Gasteiger partial charge in [-0.15, -0.1) is 0 Å². The number of hydrogen-bond donors (Lipinski definition) is 1. The van der Waals surface area contributed by atoms with E-state index in [0.29, 0.717) is 11.5 Å². The van der Waals surface area contributed by atoms with Crippen molar-refractivity contribution < 1.29 is 4.79 Å². The van der Waals surface area contributed by atoms with Gasteiger partial charge in [-0.2, -0.15) is 5.10 Å². The van der Waals surface area contributed by atoms with Gasteiger partial charge in [0.2, 0.25) is 0 Å². The second kappa shape index (κ2) is 5.63. The Labute approximate surface area is 123 Å². The SMILES string of the molecule is CC[C@@H](NC(=O)c1cnc(C2CC2)nc1)c1cnn(C)c1. The third kappa shape index (κ3) is 3.09. The molecule has 1 aliphatic rings. The van der Waals surface area contributed by atoms with E-state index < -0.39 is 0 Å². The van der Waals surface area contributed by atoms with Gasteiger partial charge in [0.05, 0.1) is 17.8 Å². The number of carbonyl (C=O) groups excluding carboxylic acids is 1. The molecule has 3 rings (SSSR count). The summed E-state index contributed by atoms with van der Waals surface area (Å²) >= 11 is 0. The van der Waals surface area contributed by atoms with Crippen LogP contribution in [0.25, 0.3) is 0 Å². The van der Waals surface area contributed by atoms with Crippen molar-refractivity contribution in [2.24, 2.45) is 7.05 Å². The van der Waals surface area contributed by atoms with Gasteiger partial charge in [0.1, 0.15) is 5.82 Å². The summed E-state index contributed by atoms with van der Waals surface area (Å²) in [5.74, 6) is 1.21. The Bertz CT molecular complexity index is 630. The normalized spacial score (nSPS) is 15.7. The summed E-state index contributed by atoms with van der Waals surface area (Å²) < 4.78 is 1.73. The minimum Gasteiger partial charge on any atom is -0.345 e. The van der Waals surface area contributed by atoms with Crippen molar-refractivity contribution in [3.8, 4) is 0 Å². The van der Waals surface area contributed by atoms with Crippen LogP contribution in [0.1, 0.15) is 59.9 Å². The van der Waals surface area contributed by atoms with Gasteiger partial charge in [0.25, 0.3) is 5.91 Å². The van der Waals surface area contributed by atoms with Crippen LogP contribution in [-0.4, -0.2) is 25.7 Å². The Morgan fingerprint density at radius 3 is 2.62 bits per heavy atom. The lowest BCUT2D eigenvalue weighted by Crippen LogP contribution is -2.28. The van der Waals surface area contributed by atoms with Gasteiger partial charge in [-0.05, 0) is 19.3 Å². The number of rotatable bonds is 5. The highest BCUT2D eigenvalue weighted by molar-refractivity contribution is 5.93. The quantitative estimate of drug-likeness (QED) is 0.911. The first-order valence-electron chi connectivity index (χ1n) is 7.28. The molecular formula is C15H19N5O. The minimum atomic E-state index is -0.145. The van der Waals surface area contributed by atoms with E-state index in [-0.39, 0.29) is 11.9 Å². The molecule has 6 nitrogen and oxygen atoms in total. The van der Waals surface area contributed by atoms with Crippen LogP contribution >= 0.6 is 0 Å². The van der Waals surface area contributed by atoms with Gasteiger partial charge in [-0.3, -0.25) is 9.48 Å². The summed E-state index contributed by atoms with van der Waals surface area (Å²) in [5, 5.41) is 7.15. The van der Waals surface area contributed by atoms with E-state index in [9.17, 15) is 4.79 Å². The second-order valence-electron chi connectivity index (χ2n) is 5.49. The molecule has 0 saturated heterocycles. The number of amides is 1. The van der Waals surface area contributed by atoms with E-state index in [1.807, 2.05) is 20.2 Å². The molecule has 1 aliphatic carbocycles. The van der Waals surface area contributed by atoms with Gasteiger partial charge < -0.3 is 5.32 Å². The fourth-order valence-corrected chi connectivity index (χ4v) is 2.29. The van der Waals surface area contributed by atoms with Gasteiger partial charge in [-0.1, -0.05) is 6.92 Å². The summed E-state index contributed by atoms with van der Waals surface area (Å²) in [6, 6.07) is -0.0469. The maximum absolute atomic E-state index is 12.3. The standard InChI is InChI=1S/C15H19N5O/c1-3-13(12-8-18-20(2)9-12)19-15(21)11-6-16-14(17-7-11)10-4-5-10/h6-10,13H,3-5H2,1-2H3,(H,19,21)/t13-/m1/s1. The summed E-state index contributed by atoms with van der Waals surface area (Å²) in [5.41, 5.74) is 1.51. The van der Waals surface area contributed by atoms with Crippen molar-refractivity contribution in [2.45, 2.75) is 38.1 Å². The first-order valence-corrected chi connectivity index (χ1v) is 7.28. The number of nitrogens with one attached hydrogen (secondary N) is 1. The van der Waals surface area contributed by atoms with Crippen LogP contribution in [0.5, 0.6) is 0 Å². The average molecular weight is 285 g/mol. The largest absolute Gasteiger partial charge is 0.345 e. The van der Waals surface area contributed by atoms with Gasteiger partial charge >= 0.3 is 0 Å². The van der Waals surface area contributed by atoms with Gasteiger partial charge in [0, 0.05) is 37.1 Å². The highest BCUT2D eigenvalue weighted by Gasteiger charge is 2.26. The topological polar surface area (TPSA) is 72.7 Å². The Morgan fingerprint density at radius 2 is 2.10 bits per heavy atom. The van der Waals surface area contributed by atoms with Crippen LogP contribution in [0, 0.1) is 0 Å². The summed E-state index contributed by atoms with van der Waals surface area (Å²) in [6.07, 6.45) is 10.0. The molecule has 0 bridgehead atoms. The van der Waals surface area contributed by atoms with E-state index >= 15 is 0 Å². The predicted octanol–water partition coefficient (Wildman–Crippen LogP) is 1.97. The first kappa shape index (κ1) is 13.7. The lowest BCUT2D eigenvalue weighted by molar-refractivity contribution is 0.0934. The molecule has 0 radical (unpaired) electrons. The lowest BCUT2D eigenvalue weighted by Gasteiger charge is -2.15. The maximum atomic E-state index is 12.3. The van der Waals surface area contributed by atoms with Crippen LogP contribution in [-0.2, 0) is 7.05 Å². The van der Waals surface area contributed by atoms with E-state index in [2.05, 4.69) is 20.4 Å². The van der Waals surface area contributed by atoms with Crippen LogP contribution in [0.4, 0.5) is 0 Å². The van der Waals surface area contributed by atoms with E-state index in [1.54, 1.807) is 23.3 Å². The van der Waals surface area contributed by atoms with Crippen LogP contribution in [0.15, 0.2) is 24.8 Å². The molecular weight excluding hydrogens is 266 g/mol. The Balaban J connectivity index is 1.69. The monoisotopic (exact) mass is 285 g/mol. The first-order chi connectivity index (χ1) is 10.2. The molecule has 6 heteroatoms. The van der Waals surface area contributed by atoms with Crippen molar-refractivity contribution in [3.05, 3.63) is 41.7 Å². The molecule has 1 N–H and O–H groups in total. The molecule has 2 aromatic heterocycles. The average Bonchev–Trinajstić information content (AvgIpc) is 3.27. The molecule has 0 unspecified atom stereocenters. The summed E-state index contributed by atoms with van der Waals surface area (Å²) in [7, 11) is 1.86. The number of aromatic nitrogens is 4. The molecule has 0 aromatic carbocycles. The minimum absolute atomic E-state index is 0.0469. The fourth-order valence-electron chi connectivity index (χ4n) is 2.29. The molecule has 1 fully saturated rings. The third-order valence-corrected chi connectivity index (χ3v) is 3.72. The number of carbonyl (C=O) groups is 1. The van der Waals surface area contributed by atoms with Gasteiger partial charge in [-0.25, -0.2) is 9.97 Å². The molecule has 2 heterocycles.